The number of amides is 1. The number of aromatic nitrogens is 4. The smallest absolute Gasteiger partial charge is 0.246 e. The molecule has 1 aliphatic rings. The lowest BCUT2D eigenvalue weighted by molar-refractivity contribution is -0.125. The van der Waals surface area contributed by atoms with Crippen molar-refractivity contribution in [1.29, 1.82) is 0 Å². The van der Waals surface area contributed by atoms with Gasteiger partial charge in [-0.1, -0.05) is 43.0 Å². The highest BCUT2D eigenvalue weighted by Gasteiger charge is 2.28. The van der Waals surface area contributed by atoms with E-state index in [0.717, 1.165) is 23.4 Å². The van der Waals surface area contributed by atoms with E-state index in [4.69, 9.17) is 19.4 Å². The van der Waals surface area contributed by atoms with Gasteiger partial charge in [-0.3, -0.25) is 4.79 Å². The summed E-state index contributed by atoms with van der Waals surface area (Å²) in [6, 6.07) is 17.8. The van der Waals surface area contributed by atoms with Crippen molar-refractivity contribution in [2.75, 3.05) is 44.0 Å². The fourth-order valence-electron chi connectivity index (χ4n) is 4.48. The normalized spacial score (nSPS) is 15.0. The van der Waals surface area contributed by atoms with Crippen LogP contribution >= 0.6 is 0 Å². The maximum absolute atomic E-state index is 12.2. The van der Waals surface area contributed by atoms with E-state index in [9.17, 15) is 4.79 Å². The quantitative estimate of drug-likeness (QED) is 0.227. The van der Waals surface area contributed by atoms with E-state index in [2.05, 4.69) is 34.3 Å². The zero-order chi connectivity index (χ0) is 26.3. The second-order valence-electron chi connectivity index (χ2n) is 8.98. The fraction of sp³-hybridized carbons (Fsp3) is 0.286. The Morgan fingerprint density at radius 3 is 2.84 bits per heavy atom. The van der Waals surface area contributed by atoms with Crippen LogP contribution in [0.1, 0.15) is 18.0 Å². The summed E-state index contributed by atoms with van der Waals surface area (Å²) in [5.41, 5.74) is 3.30. The van der Waals surface area contributed by atoms with Crippen molar-refractivity contribution in [2.45, 2.75) is 19.0 Å². The molecule has 5 rings (SSSR count). The number of nitrogens with zero attached hydrogens (tertiary/aromatic N) is 5. The number of ether oxygens (including phenoxy) is 2. The number of carbonyl (C=O) groups excluding carboxylic acids is 1. The topological polar surface area (TPSA) is 106 Å². The van der Waals surface area contributed by atoms with Crippen LogP contribution in [-0.4, -0.2) is 63.7 Å². The second-order valence-corrected chi connectivity index (χ2v) is 8.98. The van der Waals surface area contributed by atoms with E-state index in [1.54, 1.807) is 18.3 Å². The van der Waals surface area contributed by atoms with E-state index in [-0.39, 0.29) is 11.9 Å². The standard InChI is InChI=1S/C28H31N7O3/c1-3-24(36)34-13-12-22(18-34)35-19-30-25-26(29-17-20-8-5-4-6-9-20)32-28(33-27(25)35)31-21-10-7-11-23(16-21)38-15-14-37-2/h3-11,16,19,22H,1,12-15,17-18H2,2H3,(H2,29,31,32,33). The molecule has 0 saturated carbocycles. The Labute approximate surface area is 221 Å². The van der Waals surface area contributed by atoms with Crippen LogP contribution in [0, 0.1) is 0 Å². The van der Waals surface area contributed by atoms with Gasteiger partial charge in [0.05, 0.1) is 19.0 Å². The lowest BCUT2D eigenvalue weighted by atomic mass is 10.2. The molecule has 1 fully saturated rings. The van der Waals surface area contributed by atoms with Gasteiger partial charge in [0.1, 0.15) is 12.4 Å². The summed E-state index contributed by atoms with van der Waals surface area (Å²) in [5.74, 6) is 1.72. The average Bonchev–Trinajstić information content (AvgIpc) is 3.60. The van der Waals surface area contributed by atoms with Crippen LogP contribution in [0.5, 0.6) is 5.75 Å². The van der Waals surface area contributed by atoms with E-state index in [0.29, 0.717) is 55.8 Å². The molecule has 4 aromatic rings. The summed E-state index contributed by atoms with van der Waals surface area (Å²) in [6.45, 7) is 6.42. The fourth-order valence-corrected chi connectivity index (χ4v) is 4.48. The molecule has 10 heteroatoms. The summed E-state index contributed by atoms with van der Waals surface area (Å²) in [6.07, 6.45) is 3.95. The average molecular weight is 514 g/mol. The molecule has 2 aromatic carbocycles. The second kappa shape index (κ2) is 11.7. The van der Waals surface area contributed by atoms with Gasteiger partial charge in [-0.15, -0.1) is 0 Å². The van der Waals surface area contributed by atoms with Crippen LogP contribution < -0.4 is 15.4 Å². The van der Waals surface area contributed by atoms with Crippen LogP contribution in [0.15, 0.2) is 73.6 Å². The van der Waals surface area contributed by atoms with E-state index < -0.39 is 0 Å². The van der Waals surface area contributed by atoms with Gasteiger partial charge in [0, 0.05) is 38.5 Å². The first kappa shape index (κ1) is 25.2. The summed E-state index contributed by atoms with van der Waals surface area (Å²) < 4.78 is 12.9. The molecule has 1 saturated heterocycles. The van der Waals surface area contributed by atoms with Crippen LogP contribution in [0.25, 0.3) is 11.2 Å². The Hall–Kier alpha value is -4.44. The molecule has 10 nitrogen and oxygen atoms in total. The molecule has 2 aromatic heterocycles. The Morgan fingerprint density at radius 2 is 2.03 bits per heavy atom. The Balaban J connectivity index is 1.45. The summed E-state index contributed by atoms with van der Waals surface area (Å²) in [5, 5.41) is 6.75. The third-order valence-electron chi connectivity index (χ3n) is 6.41. The lowest BCUT2D eigenvalue weighted by Crippen LogP contribution is -2.27. The molecule has 3 heterocycles. The molecule has 196 valence electrons. The van der Waals surface area contributed by atoms with Crippen LogP contribution in [-0.2, 0) is 16.1 Å². The highest BCUT2D eigenvalue weighted by Crippen LogP contribution is 2.30. The highest BCUT2D eigenvalue weighted by atomic mass is 16.5. The van der Waals surface area contributed by atoms with E-state index >= 15 is 0 Å². The minimum absolute atomic E-state index is 0.0612. The molecule has 0 aliphatic carbocycles. The van der Waals surface area contributed by atoms with Gasteiger partial charge in [0.15, 0.2) is 17.0 Å². The molecule has 1 aliphatic heterocycles. The van der Waals surface area contributed by atoms with Gasteiger partial charge in [0.25, 0.3) is 0 Å². The lowest BCUT2D eigenvalue weighted by Gasteiger charge is -2.16. The van der Waals surface area contributed by atoms with Crippen molar-refractivity contribution in [1.82, 2.24) is 24.4 Å². The number of nitrogens with one attached hydrogen (secondary N) is 2. The molecular weight excluding hydrogens is 482 g/mol. The van der Waals surface area contributed by atoms with Crippen LogP contribution in [0.3, 0.4) is 0 Å². The number of imidazole rings is 1. The van der Waals surface area contributed by atoms with Crippen molar-refractivity contribution in [3.63, 3.8) is 0 Å². The van der Waals surface area contributed by atoms with Crippen molar-refractivity contribution < 1.29 is 14.3 Å². The zero-order valence-corrected chi connectivity index (χ0v) is 21.3. The first-order chi connectivity index (χ1) is 18.6. The number of benzene rings is 2. The minimum atomic E-state index is -0.0632. The van der Waals surface area contributed by atoms with Gasteiger partial charge in [-0.05, 0) is 30.2 Å². The molecule has 0 spiro atoms. The van der Waals surface area contributed by atoms with Gasteiger partial charge in [0.2, 0.25) is 11.9 Å². The number of methoxy groups -OCH3 is 1. The highest BCUT2D eigenvalue weighted by molar-refractivity contribution is 5.87. The maximum Gasteiger partial charge on any atom is 0.246 e. The zero-order valence-electron chi connectivity index (χ0n) is 21.3. The van der Waals surface area contributed by atoms with Crippen LogP contribution in [0.4, 0.5) is 17.5 Å². The summed E-state index contributed by atoms with van der Waals surface area (Å²) >= 11 is 0. The molecule has 1 atom stereocenters. The number of rotatable bonds is 11. The molecule has 0 bridgehead atoms. The number of anilines is 3. The predicted molar refractivity (Wildman–Crippen MR) is 147 cm³/mol. The Kier molecular flexibility index (Phi) is 7.79. The van der Waals surface area contributed by atoms with Gasteiger partial charge < -0.3 is 29.6 Å². The maximum atomic E-state index is 12.2. The number of fused-ring (bicyclic) bond motifs is 1. The third kappa shape index (κ3) is 5.76. The number of carbonyl (C=O) groups is 1. The predicted octanol–water partition coefficient (Wildman–Crippen LogP) is 4.17. The molecule has 38 heavy (non-hydrogen) atoms. The first-order valence-electron chi connectivity index (χ1n) is 12.6. The van der Waals surface area contributed by atoms with Gasteiger partial charge >= 0.3 is 0 Å². The summed E-state index contributed by atoms with van der Waals surface area (Å²) in [7, 11) is 1.64. The van der Waals surface area contributed by atoms with Crippen molar-refractivity contribution in [2.24, 2.45) is 0 Å². The number of likely N-dealkylation sites (tertiary alicyclic amines) is 1. The molecule has 0 radical (unpaired) electrons. The molecule has 2 N–H and O–H groups in total. The van der Waals surface area contributed by atoms with E-state index in [1.807, 2.05) is 47.0 Å². The number of hydrogen-bond donors (Lipinski definition) is 2. The van der Waals surface area contributed by atoms with Gasteiger partial charge in [-0.25, -0.2) is 4.98 Å². The number of hydrogen-bond acceptors (Lipinski definition) is 8. The SMILES string of the molecule is C=CC(=O)N1CCC(n2cnc3c(NCc4ccccc4)nc(Nc4cccc(OCCOC)c4)nc32)C1. The van der Waals surface area contributed by atoms with Crippen molar-refractivity contribution >= 4 is 34.5 Å². The minimum Gasteiger partial charge on any atom is -0.491 e. The first-order valence-corrected chi connectivity index (χ1v) is 12.6. The molecule has 1 amide bonds. The van der Waals surface area contributed by atoms with Crippen molar-refractivity contribution in [3.05, 3.63) is 79.1 Å². The van der Waals surface area contributed by atoms with Gasteiger partial charge in [-0.2, -0.15) is 9.97 Å². The third-order valence-corrected chi connectivity index (χ3v) is 6.41. The molecular formula is C28H31N7O3. The monoisotopic (exact) mass is 513 g/mol. The van der Waals surface area contributed by atoms with Crippen molar-refractivity contribution in [3.8, 4) is 5.75 Å². The summed E-state index contributed by atoms with van der Waals surface area (Å²) in [4.78, 5) is 28.2. The Morgan fingerprint density at radius 1 is 1.16 bits per heavy atom. The molecule has 1 unspecified atom stereocenters. The van der Waals surface area contributed by atoms with Crippen LogP contribution in [0.2, 0.25) is 0 Å². The largest absolute Gasteiger partial charge is 0.491 e. The Bertz CT molecular complexity index is 1410. The van der Waals surface area contributed by atoms with E-state index in [1.165, 1.54) is 6.08 Å².